The van der Waals surface area contributed by atoms with Gasteiger partial charge in [-0.15, -0.1) is 22.7 Å². The molecule has 1 aromatic carbocycles. The minimum atomic E-state index is -0.269. The Hall–Kier alpha value is -2.02. The van der Waals surface area contributed by atoms with Crippen molar-refractivity contribution in [2.24, 2.45) is 0 Å². The number of halogens is 1. The Morgan fingerprint density at radius 1 is 1.19 bits per heavy atom. The van der Waals surface area contributed by atoms with E-state index >= 15 is 0 Å². The first kappa shape index (κ1) is 18.3. The number of carbonyl (C=O) groups is 1. The molecular formula is C21H21FN2OS2. The number of benzene rings is 1. The van der Waals surface area contributed by atoms with E-state index < -0.39 is 0 Å². The van der Waals surface area contributed by atoms with Gasteiger partial charge >= 0.3 is 0 Å². The molecule has 1 atom stereocenters. The molecule has 1 aliphatic rings. The molecule has 1 aliphatic heterocycles. The second-order valence-electron chi connectivity index (χ2n) is 6.78. The van der Waals surface area contributed by atoms with Crippen molar-refractivity contribution in [1.82, 2.24) is 9.80 Å². The van der Waals surface area contributed by atoms with E-state index in [-0.39, 0.29) is 24.3 Å². The molecule has 0 fully saturated rings. The van der Waals surface area contributed by atoms with Gasteiger partial charge in [-0.25, -0.2) is 4.39 Å². The van der Waals surface area contributed by atoms with Gasteiger partial charge in [-0.3, -0.25) is 9.69 Å². The highest BCUT2D eigenvalue weighted by Crippen LogP contribution is 2.39. The first-order valence-electron chi connectivity index (χ1n) is 8.94. The van der Waals surface area contributed by atoms with Crippen molar-refractivity contribution in [2.45, 2.75) is 19.0 Å². The van der Waals surface area contributed by atoms with Gasteiger partial charge in [-0.2, -0.15) is 0 Å². The highest BCUT2D eigenvalue weighted by Gasteiger charge is 2.32. The molecule has 1 unspecified atom stereocenters. The SMILES string of the molecule is CN(Cc1ccccc1F)C(=O)CN1CCc2sccc2C1c1cccs1. The van der Waals surface area contributed by atoms with Gasteiger partial charge in [0.2, 0.25) is 5.91 Å². The number of carbonyl (C=O) groups excluding carboxylic acids is 1. The maximum atomic E-state index is 13.9. The average Bonchev–Trinajstić information content (AvgIpc) is 3.35. The summed E-state index contributed by atoms with van der Waals surface area (Å²) in [5.74, 6) is -0.256. The van der Waals surface area contributed by atoms with E-state index in [0.29, 0.717) is 12.1 Å². The summed E-state index contributed by atoms with van der Waals surface area (Å²) in [7, 11) is 1.74. The molecule has 0 saturated heterocycles. The minimum absolute atomic E-state index is 0.0125. The van der Waals surface area contributed by atoms with Crippen LogP contribution in [0.2, 0.25) is 0 Å². The fourth-order valence-corrected chi connectivity index (χ4v) is 5.36. The normalized spacial score (nSPS) is 16.9. The summed E-state index contributed by atoms with van der Waals surface area (Å²) < 4.78 is 13.9. The number of nitrogens with zero attached hydrogens (tertiary/aromatic N) is 2. The second-order valence-corrected chi connectivity index (χ2v) is 8.76. The van der Waals surface area contributed by atoms with E-state index in [1.54, 1.807) is 52.8 Å². The van der Waals surface area contributed by atoms with Crippen molar-refractivity contribution in [2.75, 3.05) is 20.1 Å². The quantitative estimate of drug-likeness (QED) is 0.627. The maximum Gasteiger partial charge on any atom is 0.236 e. The van der Waals surface area contributed by atoms with Crippen LogP contribution in [0, 0.1) is 5.82 Å². The fourth-order valence-electron chi connectivity index (χ4n) is 3.58. The van der Waals surface area contributed by atoms with Crippen LogP contribution < -0.4 is 0 Å². The summed E-state index contributed by atoms with van der Waals surface area (Å²) >= 11 is 3.53. The summed E-state index contributed by atoms with van der Waals surface area (Å²) in [5.41, 5.74) is 1.86. The molecule has 0 aliphatic carbocycles. The van der Waals surface area contributed by atoms with Crippen LogP contribution in [0.5, 0.6) is 0 Å². The molecule has 3 nitrogen and oxygen atoms in total. The van der Waals surface area contributed by atoms with E-state index in [9.17, 15) is 9.18 Å². The molecule has 27 heavy (non-hydrogen) atoms. The molecule has 0 N–H and O–H groups in total. The van der Waals surface area contributed by atoms with Crippen LogP contribution in [-0.4, -0.2) is 35.8 Å². The van der Waals surface area contributed by atoms with Gasteiger partial charge in [0.1, 0.15) is 5.82 Å². The highest BCUT2D eigenvalue weighted by molar-refractivity contribution is 7.10. The van der Waals surface area contributed by atoms with Gasteiger partial charge < -0.3 is 4.90 Å². The third kappa shape index (κ3) is 3.83. The molecule has 140 valence electrons. The van der Waals surface area contributed by atoms with Crippen molar-refractivity contribution in [3.63, 3.8) is 0 Å². The zero-order valence-corrected chi connectivity index (χ0v) is 16.7. The molecular weight excluding hydrogens is 379 g/mol. The second kappa shape index (κ2) is 7.92. The lowest BCUT2D eigenvalue weighted by atomic mass is 9.98. The van der Waals surface area contributed by atoms with Crippen LogP contribution in [0.4, 0.5) is 4.39 Å². The molecule has 2 aromatic heterocycles. The van der Waals surface area contributed by atoms with Crippen molar-refractivity contribution in [3.8, 4) is 0 Å². The Balaban J connectivity index is 1.51. The van der Waals surface area contributed by atoms with E-state index in [4.69, 9.17) is 0 Å². The molecule has 0 spiro atoms. The lowest BCUT2D eigenvalue weighted by molar-refractivity contribution is -0.132. The van der Waals surface area contributed by atoms with Gasteiger partial charge in [0, 0.05) is 35.5 Å². The number of thiophene rings is 2. The predicted octanol–water partition coefficient (Wildman–Crippen LogP) is 4.55. The summed E-state index contributed by atoms with van der Waals surface area (Å²) in [6.07, 6.45) is 0.971. The number of amides is 1. The van der Waals surface area contributed by atoms with E-state index in [2.05, 4.69) is 33.9 Å². The van der Waals surface area contributed by atoms with E-state index in [0.717, 1.165) is 13.0 Å². The van der Waals surface area contributed by atoms with Gasteiger partial charge in [0.05, 0.1) is 12.6 Å². The van der Waals surface area contributed by atoms with Gasteiger partial charge in [0.25, 0.3) is 0 Å². The molecule has 0 radical (unpaired) electrons. The maximum absolute atomic E-state index is 13.9. The Bertz CT molecular complexity index is 922. The monoisotopic (exact) mass is 400 g/mol. The standard InChI is InChI=1S/C21H21FN2OS2/c1-23(13-15-5-2-3-6-17(15)22)20(25)14-24-10-8-18-16(9-12-27-18)21(24)19-7-4-11-26-19/h2-7,9,11-12,21H,8,10,13-14H2,1H3. The topological polar surface area (TPSA) is 23.6 Å². The van der Waals surface area contributed by atoms with Crippen LogP contribution in [0.25, 0.3) is 0 Å². The van der Waals surface area contributed by atoms with Gasteiger partial charge in [-0.1, -0.05) is 24.3 Å². The summed E-state index contributed by atoms with van der Waals surface area (Å²) in [4.78, 5) is 19.4. The molecule has 0 bridgehead atoms. The van der Waals surface area contributed by atoms with Crippen LogP contribution in [0.3, 0.4) is 0 Å². The Kier molecular flexibility index (Phi) is 5.38. The number of hydrogen-bond donors (Lipinski definition) is 0. The average molecular weight is 401 g/mol. The van der Waals surface area contributed by atoms with Crippen LogP contribution in [-0.2, 0) is 17.8 Å². The number of rotatable bonds is 5. The zero-order chi connectivity index (χ0) is 18.8. The molecule has 4 rings (SSSR count). The Morgan fingerprint density at radius 2 is 2.04 bits per heavy atom. The largest absolute Gasteiger partial charge is 0.340 e. The molecule has 1 amide bonds. The van der Waals surface area contributed by atoms with Crippen LogP contribution in [0.1, 0.15) is 26.9 Å². The number of likely N-dealkylation sites (N-methyl/N-ethyl adjacent to an activating group) is 1. The first-order valence-corrected chi connectivity index (χ1v) is 10.7. The van der Waals surface area contributed by atoms with Crippen molar-refractivity contribution >= 4 is 28.6 Å². The van der Waals surface area contributed by atoms with Crippen molar-refractivity contribution in [3.05, 3.63) is 79.9 Å². The summed E-state index contributed by atoms with van der Waals surface area (Å²) in [5, 5.41) is 4.22. The van der Waals surface area contributed by atoms with Gasteiger partial charge in [-0.05, 0) is 40.9 Å². The minimum Gasteiger partial charge on any atom is -0.340 e. The Labute approximate surface area is 166 Å². The highest BCUT2D eigenvalue weighted by atomic mass is 32.1. The van der Waals surface area contributed by atoms with Crippen molar-refractivity contribution < 1.29 is 9.18 Å². The molecule has 6 heteroatoms. The zero-order valence-electron chi connectivity index (χ0n) is 15.1. The first-order chi connectivity index (χ1) is 13.1. The summed E-state index contributed by atoms with van der Waals surface area (Å²) in [6, 6.07) is 13.1. The van der Waals surface area contributed by atoms with Gasteiger partial charge in [0.15, 0.2) is 0 Å². The molecule has 3 aromatic rings. The van der Waals surface area contributed by atoms with E-state index in [1.165, 1.54) is 21.4 Å². The smallest absolute Gasteiger partial charge is 0.236 e. The van der Waals surface area contributed by atoms with Crippen molar-refractivity contribution in [1.29, 1.82) is 0 Å². The lowest BCUT2D eigenvalue weighted by Gasteiger charge is -2.35. The molecule has 0 saturated carbocycles. The lowest BCUT2D eigenvalue weighted by Crippen LogP contribution is -2.43. The third-order valence-corrected chi connectivity index (χ3v) is 6.93. The predicted molar refractivity (Wildman–Crippen MR) is 109 cm³/mol. The van der Waals surface area contributed by atoms with Crippen LogP contribution in [0.15, 0.2) is 53.2 Å². The van der Waals surface area contributed by atoms with Crippen LogP contribution >= 0.6 is 22.7 Å². The third-order valence-electron chi connectivity index (χ3n) is 5.01. The van der Waals surface area contributed by atoms with E-state index in [1.807, 2.05) is 0 Å². The number of fused-ring (bicyclic) bond motifs is 1. The summed E-state index contributed by atoms with van der Waals surface area (Å²) in [6.45, 7) is 1.48. The number of hydrogen-bond acceptors (Lipinski definition) is 4. The fraction of sp³-hybridized carbons (Fsp3) is 0.286. The molecule has 3 heterocycles. The Morgan fingerprint density at radius 3 is 2.81 bits per heavy atom.